The Morgan fingerprint density at radius 3 is 3.00 bits per heavy atom. The summed E-state index contributed by atoms with van der Waals surface area (Å²) in [6, 6.07) is -0.382. The molecule has 1 atom stereocenters. The van der Waals surface area contributed by atoms with E-state index in [2.05, 4.69) is 18.1 Å². The van der Waals surface area contributed by atoms with E-state index in [9.17, 15) is 10.1 Å². The van der Waals surface area contributed by atoms with Crippen LogP contribution in [-0.2, 0) is 0 Å². The van der Waals surface area contributed by atoms with E-state index in [4.69, 9.17) is 11.6 Å². The van der Waals surface area contributed by atoms with Crippen LogP contribution in [0.3, 0.4) is 0 Å². The van der Waals surface area contributed by atoms with E-state index >= 15 is 0 Å². The van der Waals surface area contributed by atoms with E-state index < -0.39 is 4.92 Å². The van der Waals surface area contributed by atoms with Crippen molar-refractivity contribution >= 4 is 17.5 Å². The Kier molecular flexibility index (Phi) is 3.62. The fraction of sp³-hybridized carbons (Fsp3) is 0.222. The summed E-state index contributed by atoms with van der Waals surface area (Å²) >= 11 is 5.78. The van der Waals surface area contributed by atoms with E-state index in [0.29, 0.717) is 11.5 Å². The van der Waals surface area contributed by atoms with Crippen LogP contribution in [0.15, 0.2) is 36.7 Å². The number of imidazole rings is 1. The molecule has 0 N–H and O–H groups in total. The standard InChI is InChI=1S/C9H10ClN3O2/c1-3-4-8(7(2)10)12-6-5-11-9(12)13(14)15/h3,5-6,8H,1-2,4H2. The molecule has 0 saturated carbocycles. The second-order valence-electron chi connectivity index (χ2n) is 2.88. The van der Waals surface area contributed by atoms with Crippen molar-refractivity contribution in [2.75, 3.05) is 0 Å². The maximum Gasteiger partial charge on any atom is 0.435 e. The zero-order valence-corrected chi connectivity index (χ0v) is 8.72. The molecule has 1 aromatic rings. The Labute approximate surface area is 91.8 Å². The molecule has 0 amide bonds. The molecule has 0 bridgehead atoms. The molecule has 15 heavy (non-hydrogen) atoms. The summed E-state index contributed by atoms with van der Waals surface area (Å²) in [5.74, 6) is -0.247. The van der Waals surface area contributed by atoms with Crippen LogP contribution in [0.1, 0.15) is 12.5 Å². The minimum atomic E-state index is -0.560. The van der Waals surface area contributed by atoms with Crippen LogP contribution in [0.5, 0.6) is 0 Å². The van der Waals surface area contributed by atoms with E-state index in [-0.39, 0.29) is 12.0 Å². The highest BCUT2D eigenvalue weighted by Gasteiger charge is 2.23. The summed E-state index contributed by atoms with van der Waals surface area (Å²) in [6.45, 7) is 7.14. The molecule has 0 aromatic carbocycles. The first-order valence-electron chi connectivity index (χ1n) is 4.20. The second-order valence-corrected chi connectivity index (χ2v) is 3.36. The highest BCUT2D eigenvalue weighted by atomic mass is 35.5. The van der Waals surface area contributed by atoms with Gasteiger partial charge in [0.2, 0.25) is 0 Å². The van der Waals surface area contributed by atoms with Gasteiger partial charge in [-0.25, -0.2) is 4.57 Å². The highest BCUT2D eigenvalue weighted by Crippen LogP contribution is 2.27. The Hall–Kier alpha value is -1.62. The number of nitro groups is 1. The lowest BCUT2D eigenvalue weighted by molar-refractivity contribution is -0.397. The van der Waals surface area contributed by atoms with Crippen molar-refractivity contribution in [2.45, 2.75) is 12.5 Å². The zero-order chi connectivity index (χ0) is 11.4. The van der Waals surface area contributed by atoms with Gasteiger partial charge in [-0.05, 0) is 4.92 Å². The van der Waals surface area contributed by atoms with E-state index in [0.717, 1.165) is 0 Å². The molecule has 6 heteroatoms. The Morgan fingerprint density at radius 2 is 2.53 bits per heavy atom. The van der Waals surface area contributed by atoms with Crippen molar-refractivity contribution in [3.8, 4) is 0 Å². The van der Waals surface area contributed by atoms with Gasteiger partial charge >= 0.3 is 5.95 Å². The topological polar surface area (TPSA) is 61.0 Å². The summed E-state index contributed by atoms with van der Waals surface area (Å²) in [4.78, 5) is 13.7. The molecule has 5 nitrogen and oxygen atoms in total. The fourth-order valence-corrected chi connectivity index (χ4v) is 1.43. The van der Waals surface area contributed by atoms with Crippen LogP contribution in [0.2, 0.25) is 0 Å². The van der Waals surface area contributed by atoms with Crippen LogP contribution in [0.25, 0.3) is 0 Å². The third-order valence-corrected chi connectivity index (χ3v) is 2.15. The fourth-order valence-electron chi connectivity index (χ4n) is 1.24. The first-order chi connectivity index (χ1) is 7.07. The lowest BCUT2D eigenvalue weighted by atomic mass is 10.2. The SMILES string of the molecule is C=CCC(C(=C)Cl)n1ccnc1[N+](=O)[O-]. The Bertz CT molecular complexity index is 400. The minimum absolute atomic E-state index is 0.247. The van der Waals surface area contributed by atoms with Crippen LogP contribution in [-0.4, -0.2) is 14.5 Å². The van der Waals surface area contributed by atoms with Gasteiger partial charge in [0.15, 0.2) is 0 Å². The van der Waals surface area contributed by atoms with Gasteiger partial charge in [-0.2, -0.15) is 0 Å². The molecule has 0 spiro atoms. The summed E-state index contributed by atoms with van der Waals surface area (Å²) in [5, 5.41) is 11.0. The Balaban J connectivity index is 3.10. The molecule has 1 heterocycles. The average Bonchev–Trinajstić information content (AvgIpc) is 2.61. The largest absolute Gasteiger partial charge is 0.435 e. The van der Waals surface area contributed by atoms with Gasteiger partial charge in [-0.15, -0.1) is 6.58 Å². The number of hydrogen-bond donors (Lipinski definition) is 0. The van der Waals surface area contributed by atoms with Crippen molar-refractivity contribution in [1.29, 1.82) is 0 Å². The van der Waals surface area contributed by atoms with Crippen molar-refractivity contribution in [1.82, 2.24) is 9.55 Å². The monoisotopic (exact) mass is 227 g/mol. The van der Waals surface area contributed by atoms with Gasteiger partial charge in [-0.1, -0.05) is 29.2 Å². The van der Waals surface area contributed by atoms with Gasteiger partial charge in [0.05, 0.1) is 0 Å². The van der Waals surface area contributed by atoms with Crippen molar-refractivity contribution < 1.29 is 4.92 Å². The second kappa shape index (κ2) is 4.75. The smallest absolute Gasteiger partial charge is 0.390 e. The van der Waals surface area contributed by atoms with Crippen LogP contribution in [0, 0.1) is 10.1 Å². The third kappa shape index (κ3) is 2.44. The molecule has 0 fully saturated rings. The van der Waals surface area contributed by atoms with Crippen molar-refractivity contribution in [2.24, 2.45) is 0 Å². The zero-order valence-electron chi connectivity index (χ0n) is 7.97. The van der Waals surface area contributed by atoms with Crippen molar-refractivity contribution in [3.63, 3.8) is 0 Å². The minimum Gasteiger partial charge on any atom is -0.390 e. The van der Waals surface area contributed by atoms with Gasteiger partial charge < -0.3 is 10.1 Å². The lowest BCUT2D eigenvalue weighted by Gasteiger charge is -2.12. The Morgan fingerprint density at radius 1 is 1.87 bits per heavy atom. The van der Waals surface area contributed by atoms with E-state index in [1.54, 1.807) is 6.08 Å². The molecular weight excluding hydrogens is 218 g/mol. The molecule has 0 aliphatic rings. The predicted octanol–water partition coefficient (Wildman–Crippen LogP) is 2.66. The van der Waals surface area contributed by atoms with Gasteiger partial charge in [0, 0.05) is 11.5 Å². The summed E-state index contributed by atoms with van der Waals surface area (Å²) < 4.78 is 1.37. The summed E-state index contributed by atoms with van der Waals surface area (Å²) in [7, 11) is 0. The number of rotatable bonds is 5. The van der Waals surface area contributed by atoms with Crippen LogP contribution >= 0.6 is 11.6 Å². The lowest BCUT2D eigenvalue weighted by Crippen LogP contribution is -2.10. The number of nitrogens with zero attached hydrogens (tertiary/aromatic N) is 3. The molecule has 80 valence electrons. The first kappa shape index (κ1) is 11.5. The number of hydrogen-bond acceptors (Lipinski definition) is 3. The molecular formula is C9H10ClN3O2. The van der Waals surface area contributed by atoms with Crippen molar-refractivity contribution in [3.05, 3.63) is 46.8 Å². The summed E-state index contributed by atoms with van der Waals surface area (Å²) in [6.07, 6.45) is 4.95. The van der Waals surface area contributed by atoms with E-state index in [1.807, 2.05) is 0 Å². The molecule has 0 saturated heterocycles. The quantitative estimate of drug-likeness (QED) is 0.441. The van der Waals surface area contributed by atoms with Gasteiger partial charge in [0.1, 0.15) is 18.4 Å². The molecule has 0 aliphatic carbocycles. The molecule has 1 rings (SSSR count). The predicted molar refractivity (Wildman–Crippen MR) is 57.7 cm³/mol. The molecule has 0 radical (unpaired) electrons. The normalized spacial score (nSPS) is 12.1. The maximum atomic E-state index is 10.6. The average molecular weight is 228 g/mol. The van der Waals surface area contributed by atoms with E-state index in [1.165, 1.54) is 17.0 Å². The number of halogens is 1. The van der Waals surface area contributed by atoms with Crippen LogP contribution < -0.4 is 0 Å². The first-order valence-corrected chi connectivity index (χ1v) is 4.58. The highest BCUT2D eigenvalue weighted by molar-refractivity contribution is 6.29. The summed E-state index contributed by atoms with van der Waals surface area (Å²) in [5.41, 5.74) is 0. The molecule has 1 unspecified atom stereocenters. The third-order valence-electron chi connectivity index (χ3n) is 1.90. The number of allylic oxidation sites excluding steroid dienone is 2. The maximum absolute atomic E-state index is 10.6. The number of aromatic nitrogens is 2. The molecule has 0 aliphatic heterocycles. The van der Waals surface area contributed by atoms with Gasteiger partial charge in [-0.3, -0.25) is 0 Å². The van der Waals surface area contributed by atoms with Crippen LogP contribution in [0.4, 0.5) is 5.95 Å². The van der Waals surface area contributed by atoms with Gasteiger partial charge in [0.25, 0.3) is 0 Å². The molecule has 1 aromatic heterocycles.